The van der Waals surface area contributed by atoms with E-state index in [0.29, 0.717) is 0 Å². The average molecular weight is 179 g/mol. The summed E-state index contributed by atoms with van der Waals surface area (Å²) in [7, 11) is 0. The van der Waals surface area contributed by atoms with Gasteiger partial charge in [0.1, 0.15) is 0 Å². The Morgan fingerprint density at radius 3 is 2.69 bits per heavy atom. The van der Waals surface area contributed by atoms with Crippen LogP contribution in [-0.2, 0) is 0 Å². The molecule has 0 aromatic carbocycles. The van der Waals surface area contributed by atoms with Crippen LogP contribution in [0.15, 0.2) is 18.5 Å². The predicted octanol–water partition coefficient (Wildman–Crippen LogP) is 2.10. The maximum absolute atomic E-state index is 3.87. The fraction of sp³-hybridized carbons (Fsp3) is 0.600. The average Bonchev–Trinajstić information content (AvgIpc) is 2.21. The van der Waals surface area contributed by atoms with Crippen molar-refractivity contribution in [3.63, 3.8) is 0 Å². The molecule has 0 saturated carbocycles. The molecule has 0 aliphatic rings. The third-order valence-corrected chi connectivity index (χ3v) is 2.10. The summed E-state index contributed by atoms with van der Waals surface area (Å²) in [5, 5.41) is 7.64. The summed E-state index contributed by atoms with van der Waals surface area (Å²) in [6.07, 6.45) is 6.02. The lowest BCUT2D eigenvalue weighted by Crippen LogP contribution is -2.23. The van der Waals surface area contributed by atoms with Gasteiger partial charge in [-0.2, -0.15) is 10.2 Å². The van der Waals surface area contributed by atoms with E-state index in [4.69, 9.17) is 0 Å². The van der Waals surface area contributed by atoms with Crippen molar-refractivity contribution < 1.29 is 0 Å². The first-order valence-electron chi connectivity index (χ1n) is 4.90. The molecule has 1 aromatic rings. The smallest absolute Gasteiger partial charge is 0.0729 e. The van der Waals surface area contributed by atoms with E-state index in [-0.39, 0.29) is 0 Å². The van der Waals surface area contributed by atoms with Crippen molar-refractivity contribution in [2.75, 3.05) is 18.0 Å². The number of anilines is 1. The normalized spacial score (nSPS) is 10.0. The Morgan fingerprint density at radius 2 is 2.15 bits per heavy atom. The van der Waals surface area contributed by atoms with E-state index < -0.39 is 0 Å². The zero-order valence-corrected chi connectivity index (χ0v) is 8.40. The predicted molar refractivity (Wildman–Crippen MR) is 54.8 cm³/mol. The first-order chi connectivity index (χ1) is 6.38. The lowest BCUT2D eigenvalue weighted by atomic mass is 10.3. The van der Waals surface area contributed by atoms with Gasteiger partial charge >= 0.3 is 0 Å². The quantitative estimate of drug-likeness (QED) is 0.693. The topological polar surface area (TPSA) is 29.0 Å². The van der Waals surface area contributed by atoms with Crippen LogP contribution < -0.4 is 4.90 Å². The zero-order chi connectivity index (χ0) is 9.52. The number of hydrogen-bond acceptors (Lipinski definition) is 3. The highest BCUT2D eigenvalue weighted by molar-refractivity contribution is 5.42. The molecule has 0 amide bonds. The minimum Gasteiger partial charge on any atom is -0.370 e. The summed E-state index contributed by atoms with van der Waals surface area (Å²) in [6.45, 7) is 6.51. The van der Waals surface area contributed by atoms with Gasteiger partial charge < -0.3 is 4.90 Å². The van der Waals surface area contributed by atoms with Crippen LogP contribution in [0.3, 0.4) is 0 Å². The van der Waals surface area contributed by atoms with E-state index in [2.05, 4.69) is 28.9 Å². The fourth-order valence-corrected chi connectivity index (χ4v) is 1.29. The van der Waals surface area contributed by atoms with Gasteiger partial charge in [-0.1, -0.05) is 13.3 Å². The van der Waals surface area contributed by atoms with Gasteiger partial charge in [-0.25, -0.2) is 0 Å². The first kappa shape index (κ1) is 9.96. The summed E-state index contributed by atoms with van der Waals surface area (Å²) in [5.74, 6) is 0. The lowest BCUT2D eigenvalue weighted by molar-refractivity contribution is 0.729. The van der Waals surface area contributed by atoms with Crippen molar-refractivity contribution in [2.45, 2.75) is 26.7 Å². The molecule has 0 atom stereocenters. The van der Waals surface area contributed by atoms with Crippen LogP contribution >= 0.6 is 0 Å². The molecule has 1 rings (SSSR count). The van der Waals surface area contributed by atoms with Crippen LogP contribution in [0.4, 0.5) is 5.69 Å². The van der Waals surface area contributed by atoms with Crippen LogP contribution in [0.1, 0.15) is 26.7 Å². The van der Waals surface area contributed by atoms with Crippen molar-refractivity contribution in [1.82, 2.24) is 10.2 Å². The lowest BCUT2D eigenvalue weighted by Gasteiger charge is -2.21. The molecule has 0 unspecified atom stereocenters. The molecule has 0 aliphatic carbocycles. The number of unbranched alkanes of at least 4 members (excludes halogenated alkanes) is 1. The van der Waals surface area contributed by atoms with Crippen LogP contribution in [-0.4, -0.2) is 23.3 Å². The largest absolute Gasteiger partial charge is 0.370 e. The highest BCUT2D eigenvalue weighted by Gasteiger charge is 2.02. The maximum Gasteiger partial charge on any atom is 0.0729 e. The van der Waals surface area contributed by atoms with E-state index in [1.807, 2.05) is 12.3 Å². The van der Waals surface area contributed by atoms with Gasteiger partial charge in [-0.3, -0.25) is 0 Å². The summed E-state index contributed by atoms with van der Waals surface area (Å²) in [6, 6.07) is 2.01. The molecule has 0 radical (unpaired) electrons. The molecular weight excluding hydrogens is 162 g/mol. The van der Waals surface area contributed by atoms with Crippen LogP contribution in [0.25, 0.3) is 0 Å². The molecular formula is C10H17N3. The van der Waals surface area contributed by atoms with Gasteiger partial charge in [-0.15, -0.1) is 0 Å². The van der Waals surface area contributed by atoms with Gasteiger partial charge in [0, 0.05) is 13.1 Å². The summed E-state index contributed by atoms with van der Waals surface area (Å²) in [5.41, 5.74) is 1.17. The molecule has 0 saturated heterocycles. The van der Waals surface area contributed by atoms with Gasteiger partial charge in [-0.05, 0) is 19.4 Å². The van der Waals surface area contributed by atoms with Crippen molar-refractivity contribution in [2.24, 2.45) is 0 Å². The highest BCUT2D eigenvalue weighted by Crippen LogP contribution is 2.10. The molecule has 0 aliphatic heterocycles. The van der Waals surface area contributed by atoms with Crippen molar-refractivity contribution in [1.29, 1.82) is 0 Å². The van der Waals surface area contributed by atoms with Crippen LogP contribution in [0.5, 0.6) is 0 Å². The Kier molecular flexibility index (Phi) is 4.23. The number of nitrogens with zero attached hydrogens (tertiary/aromatic N) is 3. The summed E-state index contributed by atoms with van der Waals surface area (Å²) in [4.78, 5) is 2.32. The van der Waals surface area contributed by atoms with Crippen molar-refractivity contribution in [3.8, 4) is 0 Å². The Labute approximate surface area is 79.8 Å². The second kappa shape index (κ2) is 5.51. The Hall–Kier alpha value is -1.12. The highest BCUT2D eigenvalue weighted by atomic mass is 15.2. The van der Waals surface area contributed by atoms with Gasteiger partial charge in [0.25, 0.3) is 0 Å². The molecule has 0 N–H and O–H groups in total. The van der Waals surface area contributed by atoms with Gasteiger partial charge in [0.05, 0.1) is 18.1 Å². The first-order valence-corrected chi connectivity index (χ1v) is 4.90. The van der Waals surface area contributed by atoms with Crippen molar-refractivity contribution in [3.05, 3.63) is 18.5 Å². The second-order valence-electron chi connectivity index (χ2n) is 3.03. The zero-order valence-electron chi connectivity index (χ0n) is 8.40. The number of hydrogen-bond donors (Lipinski definition) is 0. The summed E-state index contributed by atoms with van der Waals surface area (Å²) >= 11 is 0. The Morgan fingerprint density at radius 1 is 1.31 bits per heavy atom. The molecule has 0 spiro atoms. The van der Waals surface area contributed by atoms with Crippen molar-refractivity contribution >= 4 is 5.69 Å². The molecule has 0 bridgehead atoms. The van der Waals surface area contributed by atoms with E-state index in [9.17, 15) is 0 Å². The number of rotatable bonds is 5. The molecule has 0 fully saturated rings. The monoisotopic (exact) mass is 179 g/mol. The molecule has 72 valence electrons. The third-order valence-electron chi connectivity index (χ3n) is 2.10. The van der Waals surface area contributed by atoms with E-state index in [1.165, 1.54) is 18.5 Å². The molecule has 1 aromatic heterocycles. The fourth-order valence-electron chi connectivity index (χ4n) is 1.29. The number of aromatic nitrogens is 2. The van der Waals surface area contributed by atoms with E-state index in [0.717, 1.165) is 13.1 Å². The SMILES string of the molecule is CCCCN(CC)c1ccnnc1. The Bertz CT molecular complexity index is 223. The molecule has 3 heteroatoms. The standard InChI is InChI=1S/C10H17N3/c1-3-5-8-13(4-2)10-6-7-11-12-9-10/h6-7,9H,3-5,8H2,1-2H3. The van der Waals surface area contributed by atoms with Gasteiger partial charge in [0.15, 0.2) is 0 Å². The maximum atomic E-state index is 3.87. The van der Waals surface area contributed by atoms with Crippen LogP contribution in [0.2, 0.25) is 0 Å². The van der Waals surface area contributed by atoms with E-state index >= 15 is 0 Å². The minimum absolute atomic E-state index is 1.03. The second-order valence-corrected chi connectivity index (χ2v) is 3.03. The molecule has 3 nitrogen and oxygen atoms in total. The molecule has 1 heterocycles. The minimum atomic E-state index is 1.03. The molecule has 13 heavy (non-hydrogen) atoms. The van der Waals surface area contributed by atoms with Gasteiger partial charge in [0.2, 0.25) is 0 Å². The summed E-state index contributed by atoms with van der Waals surface area (Å²) < 4.78 is 0. The Balaban J connectivity index is 2.56. The third kappa shape index (κ3) is 3.01. The van der Waals surface area contributed by atoms with Crippen LogP contribution in [0, 0.1) is 0 Å². The van der Waals surface area contributed by atoms with E-state index in [1.54, 1.807) is 6.20 Å².